The van der Waals surface area contributed by atoms with Crippen LogP contribution < -0.4 is 10.6 Å². The highest BCUT2D eigenvalue weighted by Crippen LogP contribution is 2.17. The van der Waals surface area contributed by atoms with Gasteiger partial charge in [0.05, 0.1) is 19.8 Å². The minimum atomic E-state index is -4.30. The second-order valence-corrected chi connectivity index (χ2v) is 7.78. The van der Waals surface area contributed by atoms with E-state index >= 15 is 0 Å². The topological polar surface area (TPSA) is 58.1 Å². The van der Waals surface area contributed by atoms with E-state index in [2.05, 4.69) is 25.3 Å². The predicted octanol–water partition coefficient (Wildman–Crippen LogP) is 3.80. The van der Waals surface area contributed by atoms with Gasteiger partial charge in [0.25, 0.3) is 0 Å². The average Bonchev–Trinajstić information content (AvgIpc) is 2.75. The van der Waals surface area contributed by atoms with Crippen molar-refractivity contribution in [2.24, 2.45) is 10.9 Å². The van der Waals surface area contributed by atoms with Gasteiger partial charge in [-0.3, -0.25) is 0 Å². The second-order valence-electron chi connectivity index (χ2n) is 7.78. The van der Waals surface area contributed by atoms with Crippen molar-refractivity contribution < 1.29 is 22.6 Å². The molecular formula is C22H36F3IN4O2. The van der Waals surface area contributed by atoms with E-state index < -0.39 is 12.8 Å². The SMILES string of the molecule is CCNC(=NCc1ccc(COCC(F)(F)F)cc1)NCC1CCN(CCOC)CC1.I. The Morgan fingerprint density at radius 2 is 1.78 bits per heavy atom. The Bertz CT molecular complexity index is 652. The lowest BCUT2D eigenvalue weighted by molar-refractivity contribution is -0.176. The van der Waals surface area contributed by atoms with Gasteiger partial charge in [-0.1, -0.05) is 24.3 Å². The highest BCUT2D eigenvalue weighted by molar-refractivity contribution is 14.0. The molecule has 1 heterocycles. The van der Waals surface area contributed by atoms with Crippen LogP contribution in [-0.4, -0.2) is 70.1 Å². The minimum Gasteiger partial charge on any atom is -0.383 e. The number of nitrogens with zero attached hydrogens (tertiary/aromatic N) is 2. The lowest BCUT2D eigenvalue weighted by atomic mass is 9.97. The summed E-state index contributed by atoms with van der Waals surface area (Å²) in [5.41, 5.74) is 1.70. The van der Waals surface area contributed by atoms with Crippen LogP contribution in [0.15, 0.2) is 29.3 Å². The fourth-order valence-electron chi connectivity index (χ4n) is 3.41. The lowest BCUT2D eigenvalue weighted by Gasteiger charge is -2.32. The maximum Gasteiger partial charge on any atom is 0.411 e. The van der Waals surface area contributed by atoms with E-state index in [0.29, 0.717) is 18.0 Å². The number of rotatable bonds is 11. The summed E-state index contributed by atoms with van der Waals surface area (Å²) in [6.07, 6.45) is -1.98. The van der Waals surface area contributed by atoms with Crippen LogP contribution in [0.4, 0.5) is 13.2 Å². The van der Waals surface area contributed by atoms with Crippen LogP contribution >= 0.6 is 24.0 Å². The molecule has 1 aliphatic rings. The van der Waals surface area contributed by atoms with Gasteiger partial charge in [-0.05, 0) is 49.9 Å². The maximum atomic E-state index is 12.1. The second kappa shape index (κ2) is 15.7. The molecule has 0 spiro atoms. The van der Waals surface area contributed by atoms with E-state index in [9.17, 15) is 13.2 Å². The Morgan fingerprint density at radius 3 is 2.38 bits per heavy atom. The number of guanidine groups is 1. The molecule has 32 heavy (non-hydrogen) atoms. The highest BCUT2D eigenvalue weighted by atomic mass is 127. The van der Waals surface area contributed by atoms with Crippen LogP contribution in [0, 0.1) is 5.92 Å². The standard InChI is InChI=1S/C22H35F3N4O2.HI/c1-3-26-21(28-15-19-8-10-29(11-9-19)12-13-30-2)27-14-18-4-6-20(7-5-18)16-31-17-22(23,24)25;/h4-7,19H,3,8-17H2,1-2H3,(H2,26,27,28);1H. The normalized spacial score (nSPS) is 16.0. The van der Waals surface area contributed by atoms with Gasteiger partial charge in [0.15, 0.2) is 5.96 Å². The van der Waals surface area contributed by atoms with Crippen molar-refractivity contribution in [2.45, 2.75) is 39.1 Å². The lowest BCUT2D eigenvalue weighted by Crippen LogP contribution is -2.43. The fourth-order valence-corrected chi connectivity index (χ4v) is 3.41. The number of alkyl halides is 3. The van der Waals surface area contributed by atoms with Gasteiger partial charge in [-0.2, -0.15) is 13.2 Å². The number of halogens is 4. The van der Waals surface area contributed by atoms with Crippen molar-refractivity contribution in [1.29, 1.82) is 0 Å². The number of piperidine rings is 1. The molecular weight excluding hydrogens is 536 g/mol. The zero-order chi connectivity index (χ0) is 22.5. The molecule has 0 unspecified atom stereocenters. The molecule has 1 fully saturated rings. The van der Waals surface area contributed by atoms with Crippen molar-refractivity contribution in [1.82, 2.24) is 15.5 Å². The van der Waals surface area contributed by atoms with Gasteiger partial charge >= 0.3 is 6.18 Å². The van der Waals surface area contributed by atoms with E-state index in [-0.39, 0.29) is 30.6 Å². The summed E-state index contributed by atoms with van der Waals surface area (Å²) in [6, 6.07) is 7.29. The molecule has 2 rings (SSSR count). The third kappa shape index (κ3) is 12.2. The van der Waals surface area contributed by atoms with Gasteiger partial charge < -0.3 is 25.0 Å². The molecule has 1 saturated heterocycles. The van der Waals surface area contributed by atoms with Crippen molar-refractivity contribution in [3.05, 3.63) is 35.4 Å². The van der Waals surface area contributed by atoms with Gasteiger partial charge in [-0.15, -0.1) is 24.0 Å². The van der Waals surface area contributed by atoms with Crippen LogP contribution in [0.25, 0.3) is 0 Å². The van der Waals surface area contributed by atoms with Gasteiger partial charge in [0.2, 0.25) is 0 Å². The summed E-state index contributed by atoms with van der Waals surface area (Å²) < 4.78 is 46.3. The Morgan fingerprint density at radius 1 is 1.12 bits per heavy atom. The zero-order valence-corrected chi connectivity index (χ0v) is 21.2. The summed E-state index contributed by atoms with van der Waals surface area (Å²) in [5.74, 6) is 1.40. The Balaban J connectivity index is 0.00000512. The maximum absolute atomic E-state index is 12.1. The molecule has 1 aromatic carbocycles. The molecule has 1 aliphatic heterocycles. The third-order valence-corrected chi connectivity index (χ3v) is 5.20. The van der Waals surface area contributed by atoms with Crippen LogP contribution in [0.5, 0.6) is 0 Å². The van der Waals surface area contributed by atoms with Gasteiger partial charge in [-0.25, -0.2) is 4.99 Å². The first-order valence-corrected chi connectivity index (χ1v) is 10.9. The first-order chi connectivity index (χ1) is 14.9. The van der Waals surface area contributed by atoms with Gasteiger partial charge in [0, 0.05) is 26.7 Å². The summed E-state index contributed by atoms with van der Waals surface area (Å²) in [7, 11) is 1.74. The molecule has 0 amide bonds. The van der Waals surface area contributed by atoms with E-state index in [1.54, 1.807) is 19.2 Å². The van der Waals surface area contributed by atoms with Crippen LogP contribution in [0.3, 0.4) is 0 Å². The average molecular weight is 572 g/mol. The molecule has 0 saturated carbocycles. The van der Waals surface area contributed by atoms with Crippen molar-refractivity contribution in [3.8, 4) is 0 Å². The number of hydrogen-bond acceptors (Lipinski definition) is 4. The van der Waals surface area contributed by atoms with Crippen LogP contribution in [-0.2, 0) is 22.6 Å². The number of aliphatic imine (C=N–C) groups is 1. The molecule has 0 aromatic heterocycles. The summed E-state index contributed by atoms with van der Waals surface area (Å²) >= 11 is 0. The minimum absolute atomic E-state index is 0. The molecule has 10 heteroatoms. The third-order valence-electron chi connectivity index (χ3n) is 5.20. The summed E-state index contributed by atoms with van der Waals surface area (Å²) in [4.78, 5) is 7.08. The molecule has 1 aromatic rings. The number of ether oxygens (including phenoxy) is 2. The monoisotopic (exact) mass is 572 g/mol. The molecule has 0 bridgehead atoms. The van der Waals surface area contributed by atoms with E-state index in [1.807, 2.05) is 19.1 Å². The number of nitrogens with one attached hydrogen (secondary N) is 2. The molecule has 0 atom stereocenters. The highest BCUT2D eigenvalue weighted by Gasteiger charge is 2.27. The summed E-state index contributed by atoms with van der Waals surface area (Å²) in [6.45, 7) is 6.87. The van der Waals surface area contributed by atoms with E-state index in [4.69, 9.17) is 4.74 Å². The predicted molar refractivity (Wildman–Crippen MR) is 131 cm³/mol. The first-order valence-electron chi connectivity index (χ1n) is 10.9. The molecule has 2 N–H and O–H groups in total. The largest absolute Gasteiger partial charge is 0.411 e. The van der Waals surface area contributed by atoms with Crippen molar-refractivity contribution >= 4 is 29.9 Å². The molecule has 0 aliphatic carbocycles. The number of methoxy groups -OCH3 is 1. The van der Waals surface area contributed by atoms with E-state index in [1.165, 1.54) is 0 Å². The Labute approximate surface area is 206 Å². The summed E-state index contributed by atoms with van der Waals surface area (Å²) in [5, 5.41) is 6.71. The molecule has 6 nitrogen and oxygen atoms in total. The Kier molecular flexibility index (Phi) is 14.2. The van der Waals surface area contributed by atoms with Crippen LogP contribution in [0.2, 0.25) is 0 Å². The molecule has 184 valence electrons. The van der Waals surface area contributed by atoms with Crippen molar-refractivity contribution in [3.63, 3.8) is 0 Å². The van der Waals surface area contributed by atoms with Gasteiger partial charge in [0.1, 0.15) is 6.61 Å². The van der Waals surface area contributed by atoms with Crippen LogP contribution in [0.1, 0.15) is 30.9 Å². The van der Waals surface area contributed by atoms with E-state index in [0.717, 1.165) is 63.7 Å². The first kappa shape index (κ1) is 28.9. The number of likely N-dealkylation sites (tertiary alicyclic amines) is 1. The fraction of sp³-hybridized carbons (Fsp3) is 0.682. The zero-order valence-electron chi connectivity index (χ0n) is 18.9. The quantitative estimate of drug-likeness (QED) is 0.240. The molecule has 0 radical (unpaired) electrons. The van der Waals surface area contributed by atoms with Crippen molar-refractivity contribution in [2.75, 3.05) is 53.0 Å². The smallest absolute Gasteiger partial charge is 0.383 e. The number of benzene rings is 1. The Hall–Kier alpha value is -1.11. The number of hydrogen-bond donors (Lipinski definition) is 2.